The van der Waals surface area contributed by atoms with Crippen molar-refractivity contribution in [3.05, 3.63) is 0 Å². The first-order valence-electron chi connectivity index (χ1n) is 2.73. The minimum atomic E-state index is -1.00. The number of hydrogen-bond acceptors (Lipinski definition) is 1. The molecule has 1 nitrogen and oxygen atoms in total. The zero-order valence-corrected chi connectivity index (χ0v) is 6.47. The molecule has 0 aromatic heterocycles. The summed E-state index contributed by atoms with van der Waals surface area (Å²) in [6.45, 7) is 2.07. The lowest BCUT2D eigenvalue weighted by Gasteiger charge is -2.10. The lowest BCUT2D eigenvalue weighted by Crippen LogP contribution is -2.24. The SMILES string of the molecule is CCCCC(N)(Cl)Cl. The number of hydrogen-bond donors (Lipinski definition) is 1. The van der Waals surface area contributed by atoms with Gasteiger partial charge in [-0.2, -0.15) is 0 Å². The molecule has 0 saturated heterocycles. The maximum absolute atomic E-state index is 5.46. The molecule has 0 heterocycles. The van der Waals surface area contributed by atoms with Crippen LogP contribution >= 0.6 is 23.2 Å². The average molecular weight is 156 g/mol. The monoisotopic (exact) mass is 155 g/mol. The van der Waals surface area contributed by atoms with Crippen molar-refractivity contribution in [2.24, 2.45) is 5.73 Å². The fourth-order valence-corrected chi connectivity index (χ4v) is 0.680. The van der Waals surface area contributed by atoms with Gasteiger partial charge >= 0.3 is 0 Å². The molecule has 0 unspecified atom stereocenters. The Hall–Kier alpha value is 0.540. The highest BCUT2D eigenvalue weighted by atomic mass is 35.5. The van der Waals surface area contributed by atoms with E-state index in [4.69, 9.17) is 28.9 Å². The summed E-state index contributed by atoms with van der Waals surface area (Å²) in [6, 6.07) is 0. The molecule has 0 spiro atoms. The molecule has 3 heteroatoms. The van der Waals surface area contributed by atoms with Crippen LogP contribution in [0.2, 0.25) is 0 Å². The van der Waals surface area contributed by atoms with Gasteiger partial charge in [-0.3, -0.25) is 0 Å². The van der Waals surface area contributed by atoms with E-state index in [0.29, 0.717) is 6.42 Å². The van der Waals surface area contributed by atoms with E-state index < -0.39 is 4.46 Å². The molecule has 0 radical (unpaired) electrons. The molecule has 0 aromatic rings. The molecule has 0 aliphatic carbocycles. The zero-order chi connectivity index (χ0) is 6.62. The Balaban J connectivity index is 3.11. The van der Waals surface area contributed by atoms with Gasteiger partial charge in [-0.25, -0.2) is 0 Å². The number of rotatable bonds is 3. The van der Waals surface area contributed by atoms with Crippen LogP contribution in [-0.2, 0) is 0 Å². The highest BCUT2D eigenvalue weighted by molar-refractivity contribution is 6.47. The van der Waals surface area contributed by atoms with Crippen molar-refractivity contribution in [2.75, 3.05) is 0 Å². The van der Waals surface area contributed by atoms with Gasteiger partial charge in [0.15, 0.2) is 4.46 Å². The van der Waals surface area contributed by atoms with Gasteiger partial charge in [0.05, 0.1) is 0 Å². The van der Waals surface area contributed by atoms with Crippen molar-refractivity contribution in [1.29, 1.82) is 0 Å². The van der Waals surface area contributed by atoms with Crippen LogP contribution in [0.5, 0.6) is 0 Å². The van der Waals surface area contributed by atoms with Crippen LogP contribution < -0.4 is 5.73 Å². The lowest BCUT2D eigenvalue weighted by molar-refractivity contribution is 0.653. The van der Waals surface area contributed by atoms with Crippen LogP contribution in [0, 0.1) is 0 Å². The Kier molecular flexibility index (Phi) is 3.78. The van der Waals surface area contributed by atoms with Gasteiger partial charge in [-0.15, -0.1) is 0 Å². The summed E-state index contributed by atoms with van der Waals surface area (Å²) in [6.07, 6.45) is 2.74. The van der Waals surface area contributed by atoms with Crippen molar-refractivity contribution >= 4 is 23.2 Å². The highest BCUT2D eigenvalue weighted by Gasteiger charge is 2.14. The van der Waals surface area contributed by atoms with Crippen molar-refractivity contribution in [3.63, 3.8) is 0 Å². The minimum Gasteiger partial charge on any atom is -0.300 e. The molecular weight excluding hydrogens is 145 g/mol. The smallest absolute Gasteiger partial charge is 0.166 e. The van der Waals surface area contributed by atoms with E-state index in [1.54, 1.807) is 0 Å². The molecule has 2 N–H and O–H groups in total. The molecule has 50 valence electrons. The Morgan fingerprint density at radius 2 is 2.00 bits per heavy atom. The third kappa shape index (κ3) is 6.54. The maximum atomic E-state index is 5.46. The van der Waals surface area contributed by atoms with Crippen LogP contribution in [0.4, 0.5) is 0 Å². The molecule has 8 heavy (non-hydrogen) atoms. The average Bonchev–Trinajstić information content (AvgIpc) is 1.59. The van der Waals surface area contributed by atoms with Crippen LogP contribution in [0.25, 0.3) is 0 Å². The molecule has 0 aromatic carbocycles. The molecule has 0 aliphatic heterocycles. The summed E-state index contributed by atoms with van der Waals surface area (Å²) in [5.74, 6) is 0. The van der Waals surface area contributed by atoms with Crippen molar-refractivity contribution in [1.82, 2.24) is 0 Å². The molecule has 0 aliphatic rings. The van der Waals surface area contributed by atoms with E-state index in [-0.39, 0.29) is 0 Å². The van der Waals surface area contributed by atoms with E-state index in [1.165, 1.54) is 0 Å². The molecule has 0 bridgehead atoms. The highest BCUT2D eigenvalue weighted by Crippen LogP contribution is 2.19. The normalized spacial score (nSPS) is 12.0. The molecule has 0 fully saturated rings. The molecule has 0 saturated carbocycles. The predicted molar refractivity (Wildman–Crippen MR) is 38.1 cm³/mol. The van der Waals surface area contributed by atoms with Gasteiger partial charge in [0, 0.05) is 0 Å². The summed E-state index contributed by atoms with van der Waals surface area (Å²) < 4.78 is -1.00. The predicted octanol–water partition coefficient (Wildman–Crippen LogP) is 2.27. The summed E-state index contributed by atoms with van der Waals surface area (Å²) in [5.41, 5.74) is 5.25. The van der Waals surface area contributed by atoms with E-state index in [2.05, 4.69) is 6.92 Å². The number of halogens is 2. The van der Waals surface area contributed by atoms with E-state index in [0.717, 1.165) is 12.8 Å². The van der Waals surface area contributed by atoms with Gasteiger partial charge in [0.2, 0.25) is 0 Å². The van der Waals surface area contributed by atoms with Gasteiger partial charge in [0.25, 0.3) is 0 Å². The third-order valence-electron chi connectivity index (χ3n) is 0.864. The quantitative estimate of drug-likeness (QED) is 0.492. The Bertz CT molecular complexity index is 57.9. The second kappa shape index (κ2) is 3.54. The first-order chi connectivity index (χ1) is 3.56. The van der Waals surface area contributed by atoms with Crippen LogP contribution in [-0.4, -0.2) is 4.46 Å². The Morgan fingerprint density at radius 3 is 2.12 bits per heavy atom. The first-order valence-corrected chi connectivity index (χ1v) is 3.48. The summed E-state index contributed by atoms with van der Waals surface area (Å²) in [4.78, 5) is 0. The van der Waals surface area contributed by atoms with Crippen LogP contribution in [0.1, 0.15) is 26.2 Å². The van der Waals surface area contributed by atoms with Gasteiger partial charge in [-0.05, 0) is 12.8 Å². The fourth-order valence-electron chi connectivity index (χ4n) is 0.412. The maximum Gasteiger partial charge on any atom is 0.166 e. The third-order valence-corrected chi connectivity index (χ3v) is 1.24. The largest absolute Gasteiger partial charge is 0.300 e. The Morgan fingerprint density at radius 1 is 1.50 bits per heavy atom. The summed E-state index contributed by atoms with van der Waals surface area (Å²) in [5, 5.41) is 0. The number of alkyl halides is 2. The summed E-state index contributed by atoms with van der Waals surface area (Å²) in [7, 11) is 0. The number of unbranched alkanes of at least 4 members (excludes halogenated alkanes) is 1. The summed E-state index contributed by atoms with van der Waals surface area (Å²) >= 11 is 10.9. The van der Waals surface area contributed by atoms with Crippen LogP contribution in [0.15, 0.2) is 0 Å². The first kappa shape index (κ1) is 8.54. The van der Waals surface area contributed by atoms with Gasteiger partial charge < -0.3 is 5.73 Å². The fraction of sp³-hybridized carbons (Fsp3) is 1.00. The minimum absolute atomic E-state index is 0.673. The molecular formula is C5H11Cl2N. The molecule has 0 rings (SSSR count). The second-order valence-corrected chi connectivity index (χ2v) is 3.41. The van der Waals surface area contributed by atoms with E-state index in [1.807, 2.05) is 0 Å². The van der Waals surface area contributed by atoms with Gasteiger partial charge in [-0.1, -0.05) is 36.5 Å². The zero-order valence-electron chi connectivity index (χ0n) is 4.95. The lowest BCUT2D eigenvalue weighted by atomic mass is 10.2. The van der Waals surface area contributed by atoms with Crippen molar-refractivity contribution < 1.29 is 0 Å². The van der Waals surface area contributed by atoms with Gasteiger partial charge in [0.1, 0.15) is 0 Å². The van der Waals surface area contributed by atoms with E-state index >= 15 is 0 Å². The Labute approximate surface area is 60.1 Å². The van der Waals surface area contributed by atoms with Crippen molar-refractivity contribution in [2.45, 2.75) is 30.6 Å². The second-order valence-electron chi connectivity index (χ2n) is 1.86. The topological polar surface area (TPSA) is 26.0 Å². The standard InChI is InChI=1S/C5H11Cl2N/c1-2-3-4-5(6,7)8/h2-4,8H2,1H3. The molecule has 0 atom stereocenters. The molecule has 0 amide bonds. The van der Waals surface area contributed by atoms with Crippen LogP contribution in [0.3, 0.4) is 0 Å². The van der Waals surface area contributed by atoms with Crippen molar-refractivity contribution in [3.8, 4) is 0 Å². The number of nitrogens with two attached hydrogens (primary N) is 1. The van der Waals surface area contributed by atoms with E-state index in [9.17, 15) is 0 Å².